The van der Waals surface area contributed by atoms with E-state index in [0.717, 1.165) is 30.0 Å². The summed E-state index contributed by atoms with van der Waals surface area (Å²) in [7, 11) is 0. The summed E-state index contributed by atoms with van der Waals surface area (Å²) in [5.74, 6) is 0.554. The third-order valence-corrected chi connectivity index (χ3v) is 4.17. The minimum Gasteiger partial charge on any atom is -0.493 e. The Morgan fingerprint density at radius 1 is 1.36 bits per heavy atom. The lowest BCUT2D eigenvalue weighted by molar-refractivity contribution is -0.767. The number of nitrogens with zero attached hydrogens (tertiary/aromatic N) is 1. The first kappa shape index (κ1) is 21.4. The van der Waals surface area contributed by atoms with Crippen molar-refractivity contribution in [3.63, 3.8) is 0 Å². The molecule has 0 spiro atoms. The van der Waals surface area contributed by atoms with Crippen molar-refractivity contribution in [1.29, 1.82) is 0 Å². The van der Waals surface area contributed by atoms with Gasteiger partial charge in [0.2, 0.25) is 11.8 Å². The molecular weight excluding hydrogens is 368 g/mol. The van der Waals surface area contributed by atoms with Gasteiger partial charge in [-0.15, -0.1) is 10.1 Å². The number of amides is 2. The lowest BCUT2D eigenvalue weighted by Gasteiger charge is -2.11. The Labute approximate surface area is 163 Å². The second kappa shape index (κ2) is 11.1. The topological polar surface area (TPSA) is 132 Å². The molecule has 28 heavy (non-hydrogen) atoms. The molecule has 1 aromatic carbocycles. The first-order chi connectivity index (χ1) is 13.5. The number of nitrogens with one attached hydrogen (secondary N) is 3. The van der Waals surface area contributed by atoms with Gasteiger partial charge in [0.25, 0.3) is 5.09 Å². The fraction of sp³-hybridized carbons (Fsp3) is 0.556. The Kier molecular flexibility index (Phi) is 8.47. The van der Waals surface area contributed by atoms with Crippen LogP contribution in [0.1, 0.15) is 31.7 Å². The van der Waals surface area contributed by atoms with Crippen LogP contribution < -0.4 is 20.7 Å². The van der Waals surface area contributed by atoms with Crippen LogP contribution in [0.4, 0.5) is 5.69 Å². The Morgan fingerprint density at radius 3 is 2.96 bits per heavy atom. The highest BCUT2D eigenvalue weighted by atomic mass is 17.0. The Morgan fingerprint density at radius 2 is 2.18 bits per heavy atom. The Balaban J connectivity index is 1.48. The average molecular weight is 394 g/mol. The molecule has 1 aliphatic rings. The van der Waals surface area contributed by atoms with Gasteiger partial charge in [0, 0.05) is 30.8 Å². The number of hydrogen-bond donors (Lipinski definition) is 3. The van der Waals surface area contributed by atoms with Crippen molar-refractivity contribution in [2.24, 2.45) is 0 Å². The molecule has 3 N–H and O–H groups in total. The van der Waals surface area contributed by atoms with Crippen molar-refractivity contribution in [3.05, 3.63) is 33.9 Å². The van der Waals surface area contributed by atoms with Crippen LogP contribution in [0.15, 0.2) is 18.2 Å². The molecule has 1 aliphatic heterocycles. The van der Waals surface area contributed by atoms with E-state index in [0.29, 0.717) is 32.5 Å². The highest BCUT2D eigenvalue weighted by Crippen LogP contribution is 2.31. The summed E-state index contributed by atoms with van der Waals surface area (Å²) in [4.78, 5) is 37.6. The predicted octanol–water partition coefficient (Wildman–Crippen LogP) is 1.03. The molecule has 1 atom stereocenters. The number of anilines is 1. The summed E-state index contributed by atoms with van der Waals surface area (Å²) in [6.07, 6.45) is 1.01. The summed E-state index contributed by atoms with van der Waals surface area (Å²) < 4.78 is 5.76. The zero-order valence-electron chi connectivity index (χ0n) is 15.9. The maximum Gasteiger partial charge on any atom is 0.294 e. The second-order valence-electron chi connectivity index (χ2n) is 6.49. The fourth-order valence-electron chi connectivity index (χ4n) is 2.77. The van der Waals surface area contributed by atoms with Gasteiger partial charge in [-0.1, -0.05) is 6.07 Å². The number of rotatable bonds is 13. The van der Waals surface area contributed by atoms with Gasteiger partial charge in [-0.05, 0) is 38.4 Å². The van der Waals surface area contributed by atoms with Gasteiger partial charge in [-0.2, -0.15) is 0 Å². The van der Waals surface area contributed by atoms with Crippen molar-refractivity contribution >= 4 is 17.5 Å². The van der Waals surface area contributed by atoms with Crippen LogP contribution in [0, 0.1) is 10.1 Å². The van der Waals surface area contributed by atoms with Gasteiger partial charge in [-0.25, -0.2) is 0 Å². The van der Waals surface area contributed by atoms with Gasteiger partial charge in [0.05, 0.1) is 13.0 Å². The van der Waals surface area contributed by atoms with E-state index in [1.807, 2.05) is 18.2 Å². The van der Waals surface area contributed by atoms with E-state index in [1.54, 1.807) is 6.92 Å². The van der Waals surface area contributed by atoms with Crippen LogP contribution in [0.5, 0.6) is 5.75 Å². The first-order valence-electron chi connectivity index (χ1n) is 9.29. The number of hydrogen-bond acceptors (Lipinski definition) is 7. The van der Waals surface area contributed by atoms with Gasteiger partial charge < -0.3 is 25.5 Å². The third kappa shape index (κ3) is 7.39. The zero-order chi connectivity index (χ0) is 20.4. The minimum atomic E-state index is -0.849. The maximum atomic E-state index is 11.6. The zero-order valence-corrected chi connectivity index (χ0v) is 15.9. The van der Waals surface area contributed by atoms with Crippen LogP contribution in [-0.2, 0) is 20.8 Å². The number of ether oxygens (including phenoxy) is 1. The van der Waals surface area contributed by atoms with Crippen LogP contribution in [-0.4, -0.2) is 49.2 Å². The molecule has 2 amide bonds. The number of carbonyl (C=O) groups excluding carboxylic acids is 2. The highest BCUT2D eigenvalue weighted by Gasteiger charge is 2.21. The van der Waals surface area contributed by atoms with E-state index in [4.69, 9.17) is 4.74 Å². The first-order valence-corrected chi connectivity index (χ1v) is 9.29. The largest absolute Gasteiger partial charge is 0.493 e. The summed E-state index contributed by atoms with van der Waals surface area (Å²) in [6.45, 7) is 3.90. The minimum absolute atomic E-state index is 0.0190. The van der Waals surface area contributed by atoms with Crippen molar-refractivity contribution in [3.8, 4) is 5.75 Å². The normalized spacial score (nSPS) is 13.4. The van der Waals surface area contributed by atoms with Crippen LogP contribution in [0.2, 0.25) is 0 Å². The van der Waals surface area contributed by atoms with Crippen molar-refractivity contribution in [2.45, 2.75) is 38.7 Å². The van der Waals surface area contributed by atoms with Gasteiger partial charge in [0.15, 0.2) is 0 Å². The molecule has 10 heteroatoms. The van der Waals surface area contributed by atoms with E-state index in [2.05, 4.69) is 20.8 Å². The van der Waals surface area contributed by atoms with Crippen molar-refractivity contribution in [1.82, 2.24) is 10.6 Å². The molecular formula is C18H26N4O6. The van der Waals surface area contributed by atoms with E-state index in [9.17, 15) is 19.7 Å². The highest BCUT2D eigenvalue weighted by molar-refractivity contribution is 6.00. The molecule has 0 saturated carbocycles. The second-order valence-corrected chi connectivity index (χ2v) is 6.49. The molecule has 154 valence electrons. The molecule has 0 radical (unpaired) electrons. The van der Waals surface area contributed by atoms with Crippen LogP contribution in [0.25, 0.3) is 0 Å². The number of carbonyl (C=O) groups is 2. The molecule has 10 nitrogen and oxygen atoms in total. The van der Waals surface area contributed by atoms with Gasteiger partial charge >= 0.3 is 0 Å². The van der Waals surface area contributed by atoms with E-state index < -0.39 is 11.2 Å². The Bertz CT molecular complexity index is 697. The standard InChI is InChI=1S/C18H26N4O6/c1-13(28-22(25)26)6-7-17(23)20-10-9-19-8-3-11-27-16-5-2-4-15-14(16)12-18(24)21-15/h2,4-5,13,19H,3,6-12H2,1H3,(H,20,23)(H,21,24). The summed E-state index contributed by atoms with van der Waals surface area (Å²) in [6, 6.07) is 5.57. The van der Waals surface area contributed by atoms with Crippen molar-refractivity contribution in [2.75, 3.05) is 31.6 Å². The third-order valence-electron chi connectivity index (χ3n) is 4.17. The average Bonchev–Trinajstić information content (AvgIpc) is 3.02. The fourth-order valence-corrected chi connectivity index (χ4v) is 2.77. The molecule has 0 bridgehead atoms. The molecule has 0 fully saturated rings. The number of fused-ring (bicyclic) bond motifs is 1. The van der Waals surface area contributed by atoms with Crippen molar-refractivity contribution < 1.29 is 24.3 Å². The van der Waals surface area contributed by atoms with E-state index >= 15 is 0 Å². The van der Waals surface area contributed by atoms with Crippen LogP contribution in [0.3, 0.4) is 0 Å². The summed E-state index contributed by atoms with van der Waals surface area (Å²) in [5, 5.41) is 18.1. The maximum absolute atomic E-state index is 11.6. The predicted molar refractivity (Wildman–Crippen MR) is 102 cm³/mol. The molecule has 2 rings (SSSR count). The lowest BCUT2D eigenvalue weighted by Crippen LogP contribution is -2.32. The molecule has 1 unspecified atom stereocenters. The lowest BCUT2D eigenvalue weighted by atomic mass is 10.1. The quantitative estimate of drug-likeness (QED) is 0.259. The molecule has 0 saturated heterocycles. The van der Waals surface area contributed by atoms with Crippen LogP contribution >= 0.6 is 0 Å². The van der Waals surface area contributed by atoms with E-state index in [-0.39, 0.29) is 18.2 Å². The summed E-state index contributed by atoms with van der Waals surface area (Å²) in [5.41, 5.74) is 1.72. The molecule has 0 aromatic heterocycles. The molecule has 0 aliphatic carbocycles. The SMILES string of the molecule is CC(CCC(=O)NCCNCCCOc1cccc2c1CC(=O)N2)O[N+](=O)[O-]. The van der Waals surface area contributed by atoms with Gasteiger partial charge in [-0.3, -0.25) is 9.59 Å². The monoisotopic (exact) mass is 394 g/mol. The Hall–Kier alpha value is -2.88. The smallest absolute Gasteiger partial charge is 0.294 e. The van der Waals surface area contributed by atoms with Gasteiger partial charge in [0.1, 0.15) is 11.9 Å². The molecule has 1 heterocycles. The van der Waals surface area contributed by atoms with E-state index in [1.165, 1.54) is 0 Å². The molecule has 1 aromatic rings. The summed E-state index contributed by atoms with van der Waals surface area (Å²) >= 11 is 0. The number of benzene rings is 1.